The number of para-hydroxylation sites is 3. The number of amides is 2. The molecule has 0 aliphatic carbocycles. The fourth-order valence-electron chi connectivity index (χ4n) is 2.88. The first kappa shape index (κ1) is 18.4. The highest BCUT2D eigenvalue weighted by Gasteiger charge is 2.30. The number of fused-ring (bicyclic) bond motifs is 1. The van der Waals surface area contributed by atoms with Gasteiger partial charge in [0.15, 0.2) is 13.2 Å². The highest BCUT2D eigenvalue weighted by molar-refractivity contribution is 6.05. The van der Waals surface area contributed by atoms with Gasteiger partial charge in [0, 0.05) is 12.5 Å². The molecule has 1 aliphatic rings. The second-order valence-electron chi connectivity index (χ2n) is 6.14. The van der Waals surface area contributed by atoms with Gasteiger partial charge in [0.1, 0.15) is 5.75 Å². The predicted octanol–water partition coefficient (Wildman–Crippen LogP) is 2.37. The summed E-state index contributed by atoms with van der Waals surface area (Å²) in [4.78, 5) is 38.0. The van der Waals surface area contributed by atoms with Crippen LogP contribution in [-0.4, -0.2) is 37.0 Å². The van der Waals surface area contributed by atoms with E-state index in [0.717, 1.165) is 0 Å². The van der Waals surface area contributed by atoms with Crippen molar-refractivity contribution in [3.63, 3.8) is 0 Å². The molecule has 0 unspecified atom stereocenters. The molecule has 7 nitrogen and oxygen atoms in total. The molecule has 27 heavy (non-hydrogen) atoms. The monoisotopic (exact) mass is 368 g/mol. The van der Waals surface area contributed by atoms with Crippen LogP contribution in [0.15, 0.2) is 54.6 Å². The van der Waals surface area contributed by atoms with Crippen LogP contribution in [-0.2, 0) is 19.1 Å². The number of rotatable bonds is 5. The number of carbonyl (C=O) groups is 3. The highest BCUT2D eigenvalue weighted by atomic mass is 16.6. The molecule has 0 saturated heterocycles. The minimum Gasteiger partial charge on any atom is -0.482 e. The Balaban J connectivity index is 1.61. The lowest BCUT2D eigenvalue weighted by Crippen LogP contribution is -2.41. The summed E-state index contributed by atoms with van der Waals surface area (Å²) in [6, 6.07) is 15.5. The van der Waals surface area contributed by atoms with Crippen molar-refractivity contribution in [2.75, 3.05) is 23.4 Å². The molecule has 2 amide bonds. The Kier molecular flexibility index (Phi) is 5.71. The Morgan fingerprint density at radius 3 is 2.56 bits per heavy atom. The lowest BCUT2D eigenvalue weighted by atomic mass is 10.1. The summed E-state index contributed by atoms with van der Waals surface area (Å²) < 4.78 is 10.4. The van der Waals surface area contributed by atoms with Gasteiger partial charge in [-0.15, -0.1) is 0 Å². The Bertz CT molecular complexity index is 837. The van der Waals surface area contributed by atoms with Crippen LogP contribution in [0.4, 0.5) is 11.4 Å². The largest absolute Gasteiger partial charge is 0.482 e. The van der Waals surface area contributed by atoms with E-state index < -0.39 is 18.5 Å². The van der Waals surface area contributed by atoms with E-state index in [9.17, 15) is 14.4 Å². The van der Waals surface area contributed by atoms with Crippen molar-refractivity contribution < 1.29 is 23.9 Å². The maximum absolute atomic E-state index is 12.7. The van der Waals surface area contributed by atoms with Crippen LogP contribution in [0.1, 0.15) is 13.3 Å². The lowest BCUT2D eigenvalue weighted by Gasteiger charge is -2.27. The summed E-state index contributed by atoms with van der Waals surface area (Å²) in [7, 11) is 0. The SMILES string of the molecule is C[C@@H]1CC(=O)Nc2ccccc2N1C(=O)COC(=O)COc1ccccc1. The van der Waals surface area contributed by atoms with Crippen LogP contribution in [0.2, 0.25) is 0 Å². The van der Waals surface area contributed by atoms with E-state index in [-0.39, 0.29) is 25.0 Å². The second kappa shape index (κ2) is 8.35. The molecule has 1 aliphatic heterocycles. The molecular weight excluding hydrogens is 348 g/mol. The Morgan fingerprint density at radius 2 is 1.78 bits per heavy atom. The predicted molar refractivity (Wildman–Crippen MR) is 99.5 cm³/mol. The van der Waals surface area contributed by atoms with Crippen LogP contribution < -0.4 is 15.0 Å². The average Bonchev–Trinajstić information content (AvgIpc) is 2.79. The van der Waals surface area contributed by atoms with Crippen molar-refractivity contribution in [2.45, 2.75) is 19.4 Å². The van der Waals surface area contributed by atoms with E-state index in [1.54, 1.807) is 55.5 Å². The molecule has 1 heterocycles. The normalized spacial score (nSPS) is 16.0. The minimum atomic E-state index is -0.642. The van der Waals surface area contributed by atoms with Gasteiger partial charge in [-0.05, 0) is 31.2 Å². The van der Waals surface area contributed by atoms with Crippen LogP contribution in [0.5, 0.6) is 5.75 Å². The maximum atomic E-state index is 12.7. The fraction of sp³-hybridized carbons (Fsp3) is 0.250. The summed E-state index contributed by atoms with van der Waals surface area (Å²) >= 11 is 0. The molecular formula is C20H20N2O5. The van der Waals surface area contributed by atoms with Crippen molar-refractivity contribution in [1.82, 2.24) is 0 Å². The van der Waals surface area contributed by atoms with Gasteiger partial charge in [-0.3, -0.25) is 9.59 Å². The van der Waals surface area contributed by atoms with Crippen molar-refractivity contribution in [1.29, 1.82) is 0 Å². The summed E-state index contributed by atoms with van der Waals surface area (Å²) in [5, 5.41) is 2.78. The summed E-state index contributed by atoms with van der Waals surface area (Å²) in [5.41, 5.74) is 1.14. The second-order valence-corrected chi connectivity index (χ2v) is 6.14. The number of nitrogens with one attached hydrogen (secondary N) is 1. The van der Waals surface area contributed by atoms with Crippen LogP contribution in [0, 0.1) is 0 Å². The van der Waals surface area contributed by atoms with Gasteiger partial charge in [-0.25, -0.2) is 4.79 Å². The van der Waals surface area contributed by atoms with Crippen LogP contribution >= 0.6 is 0 Å². The van der Waals surface area contributed by atoms with Gasteiger partial charge in [0.25, 0.3) is 5.91 Å². The molecule has 2 aromatic rings. The maximum Gasteiger partial charge on any atom is 0.344 e. The Labute approximate surface area is 156 Å². The molecule has 140 valence electrons. The van der Waals surface area contributed by atoms with E-state index in [1.807, 2.05) is 6.07 Å². The first-order valence-electron chi connectivity index (χ1n) is 8.59. The van der Waals surface area contributed by atoms with E-state index in [2.05, 4.69) is 5.32 Å². The van der Waals surface area contributed by atoms with E-state index in [4.69, 9.17) is 9.47 Å². The quantitative estimate of drug-likeness (QED) is 0.819. The molecule has 1 N–H and O–H groups in total. The number of carbonyl (C=O) groups excluding carboxylic acids is 3. The number of esters is 1. The molecule has 0 fully saturated rings. The van der Waals surface area contributed by atoms with Crippen molar-refractivity contribution in [2.24, 2.45) is 0 Å². The molecule has 2 aromatic carbocycles. The van der Waals surface area contributed by atoms with Gasteiger partial charge in [0.05, 0.1) is 11.4 Å². The van der Waals surface area contributed by atoms with Gasteiger partial charge in [-0.1, -0.05) is 30.3 Å². The zero-order valence-corrected chi connectivity index (χ0v) is 14.9. The number of hydrogen-bond acceptors (Lipinski definition) is 5. The standard InChI is InChI=1S/C20H20N2O5/c1-14-11-18(23)21-16-9-5-6-10-17(16)22(14)19(24)12-27-20(25)13-26-15-7-3-2-4-8-15/h2-10,14H,11-13H2,1H3,(H,21,23)/t14-/m1/s1. The third kappa shape index (κ3) is 4.63. The van der Waals surface area contributed by atoms with Gasteiger partial charge < -0.3 is 19.7 Å². The smallest absolute Gasteiger partial charge is 0.344 e. The summed E-state index contributed by atoms with van der Waals surface area (Å²) in [5.74, 6) is -0.671. The Morgan fingerprint density at radius 1 is 1.07 bits per heavy atom. The Hall–Kier alpha value is -3.35. The van der Waals surface area contributed by atoms with Crippen LogP contribution in [0.3, 0.4) is 0 Å². The highest BCUT2D eigenvalue weighted by Crippen LogP contribution is 2.31. The van der Waals surface area contributed by atoms with Crippen molar-refractivity contribution in [3.8, 4) is 5.75 Å². The molecule has 7 heteroatoms. The molecule has 0 spiro atoms. The number of hydrogen-bond donors (Lipinski definition) is 1. The zero-order chi connectivity index (χ0) is 19.2. The third-order valence-electron chi connectivity index (χ3n) is 4.08. The summed E-state index contributed by atoms with van der Waals surface area (Å²) in [6.07, 6.45) is 0.158. The molecule has 0 saturated carbocycles. The topological polar surface area (TPSA) is 84.9 Å². The van der Waals surface area contributed by atoms with Gasteiger partial charge in [-0.2, -0.15) is 0 Å². The molecule has 3 rings (SSSR count). The molecule has 1 atom stereocenters. The van der Waals surface area contributed by atoms with E-state index in [1.165, 1.54) is 4.90 Å². The summed E-state index contributed by atoms with van der Waals surface area (Å²) in [6.45, 7) is 1.06. The van der Waals surface area contributed by atoms with E-state index in [0.29, 0.717) is 17.1 Å². The zero-order valence-electron chi connectivity index (χ0n) is 14.9. The van der Waals surface area contributed by atoms with Gasteiger partial charge >= 0.3 is 5.97 Å². The number of anilines is 2. The third-order valence-corrected chi connectivity index (χ3v) is 4.08. The minimum absolute atomic E-state index is 0.158. The first-order chi connectivity index (χ1) is 13.0. The molecule has 0 aromatic heterocycles. The van der Waals surface area contributed by atoms with Crippen molar-refractivity contribution >= 4 is 29.2 Å². The molecule has 0 bridgehead atoms. The molecule has 0 radical (unpaired) electrons. The van der Waals surface area contributed by atoms with Gasteiger partial charge in [0.2, 0.25) is 5.91 Å². The lowest BCUT2D eigenvalue weighted by molar-refractivity contribution is -0.149. The first-order valence-corrected chi connectivity index (χ1v) is 8.59. The number of ether oxygens (including phenoxy) is 2. The average molecular weight is 368 g/mol. The number of nitrogens with zero attached hydrogens (tertiary/aromatic N) is 1. The number of benzene rings is 2. The fourth-order valence-corrected chi connectivity index (χ4v) is 2.88. The van der Waals surface area contributed by atoms with Crippen LogP contribution in [0.25, 0.3) is 0 Å². The van der Waals surface area contributed by atoms with Crippen molar-refractivity contribution in [3.05, 3.63) is 54.6 Å². The van der Waals surface area contributed by atoms with E-state index >= 15 is 0 Å².